The monoisotopic (exact) mass is 353 g/mol. The van der Waals surface area contributed by atoms with Gasteiger partial charge in [-0.15, -0.1) is 0 Å². The van der Waals surface area contributed by atoms with Crippen molar-refractivity contribution in [3.8, 4) is 0 Å². The minimum absolute atomic E-state index is 0.267. The molecule has 1 saturated heterocycles. The molecule has 0 bridgehead atoms. The van der Waals surface area contributed by atoms with E-state index in [1.807, 2.05) is 32.9 Å². The third kappa shape index (κ3) is 4.22. The number of esters is 1. The average Bonchev–Trinajstić information content (AvgIpc) is 3.10. The predicted molar refractivity (Wildman–Crippen MR) is 103 cm³/mol. The topological polar surface area (TPSA) is 68.5 Å². The molecule has 1 fully saturated rings. The predicted octanol–water partition coefficient (Wildman–Crippen LogP) is 3.84. The zero-order valence-electron chi connectivity index (χ0n) is 15.7. The van der Waals surface area contributed by atoms with Crippen molar-refractivity contribution >= 4 is 11.8 Å². The molecule has 1 aromatic heterocycles. The molecule has 0 unspecified atom stereocenters. The minimum atomic E-state index is -0.532. The van der Waals surface area contributed by atoms with Gasteiger partial charge in [0, 0.05) is 13.1 Å². The maximum Gasteiger partial charge on any atom is 0.357 e. The van der Waals surface area contributed by atoms with Gasteiger partial charge < -0.3 is 15.4 Å². The Bertz CT molecular complexity index is 766. The van der Waals surface area contributed by atoms with Crippen molar-refractivity contribution in [3.05, 3.63) is 59.3 Å². The van der Waals surface area contributed by atoms with Crippen molar-refractivity contribution in [1.82, 2.24) is 4.98 Å². The Balaban J connectivity index is 1.83. The van der Waals surface area contributed by atoms with E-state index in [2.05, 4.69) is 34.1 Å². The molecule has 1 aromatic carbocycles. The first-order valence-corrected chi connectivity index (χ1v) is 9.13. The highest BCUT2D eigenvalue weighted by molar-refractivity contribution is 5.88. The molecule has 0 saturated carbocycles. The quantitative estimate of drug-likeness (QED) is 0.846. The number of ether oxygens (including phenoxy) is 1. The number of hydrogen-bond donors (Lipinski definition) is 1. The number of aromatic nitrogens is 1. The third-order valence-electron chi connectivity index (χ3n) is 4.49. The van der Waals surface area contributed by atoms with E-state index in [-0.39, 0.29) is 12.0 Å². The molecule has 0 aliphatic carbocycles. The highest BCUT2D eigenvalue weighted by Gasteiger charge is 2.28. The van der Waals surface area contributed by atoms with Crippen LogP contribution in [0.25, 0.3) is 0 Å². The van der Waals surface area contributed by atoms with Gasteiger partial charge in [-0.3, -0.25) is 0 Å². The number of rotatable bonds is 4. The lowest BCUT2D eigenvalue weighted by molar-refractivity contribution is 0.00629. The van der Waals surface area contributed by atoms with Crippen molar-refractivity contribution in [2.45, 2.75) is 51.8 Å². The van der Waals surface area contributed by atoms with Gasteiger partial charge in [-0.05, 0) is 56.9 Å². The summed E-state index contributed by atoms with van der Waals surface area (Å²) in [5.74, 6) is 0.432. The second-order valence-electron chi connectivity index (χ2n) is 7.68. The number of carbonyl (C=O) groups is 1. The lowest BCUT2D eigenvalue weighted by Crippen LogP contribution is -2.26. The Labute approximate surface area is 155 Å². The molecule has 1 aliphatic heterocycles. The van der Waals surface area contributed by atoms with Gasteiger partial charge in [0.15, 0.2) is 5.69 Å². The van der Waals surface area contributed by atoms with E-state index in [9.17, 15) is 4.79 Å². The van der Waals surface area contributed by atoms with Crippen molar-refractivity contribution < 1.29 is 9.53 Å². The van der Waals surface area contributed by atoms with E-state index in [4.69, 9.17) is 10.5 Å². The van der Waals surface area contributed by atoms with E-state index in [0.29, 0.717) is 12.2 Å². The van der Waals surface area contributed by atoms with Gasteiger partial charge in [0.1, 0.15) is 11.4 Å². The Hall–Kier alpha value is -2.40. The molecule has 1 aliphatic rings. The number of nitrogens with two attached hydrogens (primary N) is 1. The number of carbonyl (C=O) groups excluding carboxylic acids is 1. The number of nitrogens with zero attached hydrogens (tertiary/aromatic N) is 2. The Morgan fingerprint density at radius 1 is 1.23 bits per heavy atom. The van der Waals surface area contributed by atoms with Crippen LogP contribution in [0.1, 0.15) is 61.3 Å². The summed E-state index contributed by atoms with van der Waals surface area (Å²) in [6, 6.07) is 14.2. The van der Waals surface area contributed by atoms with E-state index < -0.39 is 5.60 Å². The molecule has 5 nitrogen and oxygen atoms in total. The van der Waals surface area contributed by atoms with E-state index in [0.717, 1.165) is 30.8 Å². The Kier molecular flexibility index (Phi) is 5.28. The second kappa shape index (κ2) is 7.46. The van der Waals surface area contributed by atoms with Gasteiger partial charge in [0.25, 0.3) is 0 Å². The van der Waals surface area contributed by atoms with Gasteiger partial charge in [-0.2, -0.15) is 0 Å². The van der Waals surface area contributed by atoms with Crippen LogP contribution in [0.15, 0.2) is 42.5 Å². The van der Waals surface area contributed by atoms with Crippen LogP contribution in [0, 0.1) is 0 Å². The largest absolute Gasteiger partial charge is 0.455 e. The number of benzene rings is 1. The summed E-state index contributed by atoms with van der Waals surface area (Å²) in [5.41, 5.74) is 7.89. The van der Waals surface area contributed by atoms with Crippen LogP contribution in [-0.2, 0) is 11.3 Å². The Morgan fingerprint density at radius 2 is 1.96 bits per heavy atom. The van der Waals surface area contributed by atoms with Crippen LogP contribution in [0.5, 0.6) is 0 Å². The second-order valence-corrected chi connectivity index (χ2v) is 7.68. The third-order valence-corrected chi connectivity index (χ3v) is 4.49. The molecule has 5 heteroatoms. The molecular formula is C21H27N3O2. The van der Waals surface area contributed by atoms with Gasteiger partial charge in [-0.1, -0.05) is 30.3 Å². The van der Waals surface area contributed by atoms with Crippen molar-refractivity contribution in [2.75, 3.05) is 11.4 Å². The smallest absolute Gasteiger partial charge is 0.357 e. The summed E-state index contributed by atoms with van der Waals surface area (Å²) < 4.78 is 5.45. The van der Waals surface area contributed by atoms with E-state index >= 15 is 0 Å². The SMILES string of the molecule is CC(C)(C)OC(=O)c1cccc(N2CCC[C@H]2c2ccc(CN)cc2)n1. The highest BCUT2D eigenvalue weighted by Crippen LogP contribution is 2.35. The standard InChI is InChI=1S/C21H27N3O2/c1-21(2,3)26-20(25)17-6-4-8-19(23-17)24-13-5-7-18(24)16-11-9-15(14-22)10-12-16/h4,6,8-12,18H,5,7,13-14,22H2,1-3H3/t18-/m0/s1. The van der Waals surface area contributed by atoms with E-state index in [1.54, 1.807) is 6.07 Å². The number of anilines is 1. The van der Waals surface area contributed by atoms with Crippen LogP contribution in [0.3, 0.4) is 0 Å². The lowest BCUT2D eigenvalue weighted by atomic mass is 10.0. The molecule has 0 spiro atoms. The van der Waals surface area contributed by atoms with Crippen LogP contribution < -0.4 is 10.6 Å². The minimum Gasteiger partial charge on any atom is -0.455 e. The molecule has 3 rings (SSSR count). The summed E-state index contributed by atoms with van der Waals surface area (Å²) in [7, 11) is 0. The summed E-state index contributed by atoms with van der Waals surface area (Å²) in [6.45, 7) is 7.05. The fraction of sp³-hybridized carbons (Fsp3) is 0.429. The van der Waals surface area contributed by atoms with Crippen LogP contribution >= 0.6 is 0 Å². The maximum absolute atomic E-state index is 12.3. The highest BCUT2D eigenvalue weighted by atomic mass is 16.6. The molecule has 2 heterocycles. The van der Waals surface area contributed by atoms with Gasteiger partial charge in [0.05, 0.1) is 6.04 Å². The first kappa shape index (κ1) is 18.4. The normalized spacial score (nSPS) is 17.4. The molecule has 1 atom stereocenters. The molecular weight excluding hydrogens is 326 g/mol. The first-order chi connectivity index (χ1) is 12.4. The fourth-order valence-corrected chi connectivity index (χ4v) is 3.29. The van der Waals surface area contributed by atoms with E-state index in [1.165, 1.54) is 5.56 Å². The van der Waals surface area contributed by atoms with Gasteiger partial charge in [-0.25, -0.2) is 9.78 Å². The van der Waals surface area contributed by atoms with Crippen molar-refractivity contribution in [3.63, 3.8) is 0 Å². The van der Waals surface area contributed by atoms with Crippen LogP contribution in [-0.4, -0.2) is 23.1 Å². The summed E-state index contributed by atoms with van der Waals surface area (Å²) in [6.07, 6.45) is 2.17. The Morgan fingerprint density at radius 3 is 2.62 bits per heavy atom. The van der Waals surface area contributed by atoms with Gasteiger partial charge >= 0.3 is 5.97 Å². The molecule has 2 aromatic rings. The lowest BCUT2D eigenvalue weighted by Gasteiger charge is -2.27. The molecule has 138 valence electrons. The van der Waals surface area contributed by atoms with Crippen LogP contribution in [0.2, 0.25) is 0 Å². The average molecular weight is 353 g/mol. The number of hydrogen-bond acceptors (Lipinski definition) is 5. The fourth-order valence-electron chi connectivity index (χ4n) is 3.29. The molecule has 0 amide bonds. The molecule has 26 heavy (non-hydrogen) atoms. The summed E-state index contributed by atoms with van der Waals surface area (Å²) in [4.78, 5) is 19.2. The zero-order chi connectivity index (χ0) is 18.7. The maximum atomic E-state index is 12.3. The first-order valence-electron chi connectivity index (χ1n) is 9.13. The molecule has 2 N–H and O–H groups in total. The van der Waals surface area contributed by atoms with Crippen LogP contribution in [0.4, 0.5) is 5.82 Å². The van der Waals surface area contributed by atoms with Crippen molar-refractivity contribution in [1.29, 1.82) is 0 Å². The van der Waals surface area contributed by atoms with Gasteiger partial charge in [0.2, 0.25) is 0 Å². The summed E-state index contributed by atoms with van der Waals surface area (Å²) in [5, 5.41) is 0. The summed E-state index contributed by atoms with van der Waals surface area (Å²) >= 11 is 0. The number of pyridine rings is 1. The molecule has 0 radical (unpaired) electrons. The zero-order valence-corrected chi connectivity index (χ0v) is 15.7. The van der Waals surface area contributed by atoms with Crippen molar-refractivity contribution in [2.24, 2.45) is 5.73 Å².